The van der Waals surface area contributed by atoms with Crippen molar-refractivity contribution >= 4 is 15.9 Å². The number of primary sulfonamides is 1. The monoisotopic (exact) mass is 318 g/mol. The first-order valence-electron chi connectivity index (χ1n) is 6.14. The van der Waals surface area contributed by atoms with Crippen molar-refractivity contribution in [3.63, 3.8) is 0 Å². The van der Waals surface area contributed by atoms with E-state index >= 15 is 0 Å². The van der Waals surface area contributed by atoms with Gasteiger partial charge in [-0.3, -0.25) is 4.79 Å². The highest BCUT2D eigenvalue weighted by Crippen LogP contribution is 2.19. The highest BCUT2D eigenvalue weighted by molar-refractivity contribution is 7.89. The Morgan fingerprint density at radius 3 is 2.48 bits per heavy atom. The molecule has 0 unspecified atom stereocenters. The van der Waals surface area contributed by atoms with Crippen LogP contribution in [0.5, 0.6) is 0 Å². The number of sulfonamides is 1. The van der Waals surface area contributed by atoms with Crippen LogP contribution in [0.4, 0.5) is 4.39 Å². The van der Waals surface area contributed by atoms with Crippen molar-refractivity contribution in [3.05, 3.63) is 29.1 Å². The van der Waals surface area contributed by atoms with E-state index in [9.17, 15) is 17.6 Å². The number of aryl methyl sites for hydroxylation is 1. The Morgan fingerprint density at radius 2 is 2.00 bits per heavy atom. The Bertz CT molecular complexity index is 656. The van der Waals surface area contributed by atoms with Gasteiger partial charge in [-0.1, -0.05) is 0 Å². The quantitative estimate of drug-likeness (QED) is 0.844. The molecule has 0 aromatic heterocycles. The number of benzene rings is 1. The molecular weight excluding hydrogens is 299 g/mol. The fourth-order valence-corrected chi connectivity index (χ4v) is 2.24. The maximum absolute atomic E-state index is 13.8. The van der Waals surface area contributed by atoms with Crippen molar-refractivity contribution in [2.24, 2.45) is 5.14 Å². The number of rotatable bonds is 5. The predicted molar refractivity (Wildman–Crippen MR) is 75.9 cm³/mol. The standard InChI is InChI=1S/C13H19FN2O4S/c1-8-5-9(6-10(11(8)14)21(15,18)19)12(17)16-7-13(2,3)20-4/h5-6H,7H2,1-4H3,(H,16,17)(H2,15,18,19). The topological polar surface area (TPSA) is 98.5 Å². The summed E-state index contributed by atoms with van der Waals surface area (Å²) >= 11 is 0. The molecule has 21 heavy (non-hydrogen) atoms. The molecule has 0 saturated heterocycles. The summed E-state index contributed by atoms with van der Waals surface area (Å²) in [5.74, 6) is -1.49. The Labute approximate surface area is 123 Å². The van der Waals surface area contributed by atoms with Crippen molar-refractivity contribution in [2.45, 2.75) is 31.3 Å². The minimum atomic E-state index is -4.24. The van der Waals surface area contributed by atoms with Crippen LogP contribution in [0.15, 0.2) is 17.0 Å². The van der Waals surface area contributed by atoms with E-state index in [0.29, 0.717) is 0 Å². The van der Waals surface area contributed by atoms with Gasteiger partial charge in [0, 0.05) is 19.2 Å². The molecule has 0 saturated carbocycles. The molecule has 118 valence electrons. The zero-order valence-corrected chi connectivity index (χ0v) is 13.2. The first-order valence-corrected chi connectivity index (χ1v) is 7.69. The lowest BCUT2D eigenvalue weighted by atomic mass is 10.1. The van der Waals surface area contributed by atoms with Gasteiger partial charge in [-0.25, -0.2) is 17.9 Å². The molecule has 0 radical (unpaired) electrons. The molecule has 0 aliphatic carbocycles. The van der Waals surface area contributed by atoms with E-state index in [4.69, 9.17) is 9.88 Å². The molecule has 8 heteroatoms. The second kappa shape index (κ2) is 6.08. The lowest BCUT2D eigenvalue weighted by Gasteiger charge is -2.23. The van der Waals surface area contributed by atoms with E-state index in [-0.39, 0.29) is 17.7 Å². The molecule has 1 rings (SSSR count). The summed E-state index contributed by atoms with van der Waals surface area (Å²) in [6.07, 6.45) is 0. The average Bonchev–Trinajstić information content (AvgIpc) is 2.37. The third-order valence-corrected chi connectivity index (χ3v) is 3.93. The smallest absolute Gasteiger partial charge is 0.251 e. The maximum Gasteiger partial charge on any atom is 0.251 e. The summed E-state index contributed by atoms with van der Waals surface area (Å²) < 4.78 is 41.6. The number of carbonyl (C=O) groups excluding carboxylic acids is 1. The molecule has 3 N–H and O–H groups in total. The zero-order valence-electron chi connectivity index (χ0n) is 12.4. The second-order valence-corrected chi connectivity index (χ2v) is 6.83. The van der Waals surface area contributed by atoms with Crippen LogP contribution in [0.1, 0.15) is 29.8 Å². The molecule has 0 fully saturated rings. The van der Waals surface area contributed by atoms with Gasteiger partial charge >= 0.3 is 0 Å². The molecule has 1 amide bonds. The number of halogens is 1. The number of hydrogen-bond donors (Lipinski definition) is 2. The van der Waals surface area contributed by atoms with Crippen LogP contribution < -0.4 is 10.5 Å². The van der Waals surface area contributed by atoms with Gasteiger partial charge in [0.25, 0.3) is 5.91 Å². The van der Waals surface area contributed by atoms with Crippen molar-refractivity contribution in [3.8, 4) is 0 Å². The average molecular weight is 318 g/mol. The van der Waals surface area contributed by atoms with Gasteiger partial charge in [0.15, 0.2) is 0 Å². The normalized spacial score (nSPS) is 12.3. The maximum atomic E-state index is 13.8. The number of hydrogen-bond acceptors (Lipinski definition) is 4. The fourth-order valence-electron chi connectivity index (χ4n) is 1.54. The van der Waals surface area contributed by atoms with Crippen LogP contribution in [0.2, 0.25) is 0 Å². The Balaban J connectivity index is 3.10. The van der Waals surface area contributed by atoms with Gasteiger partial charge in [-0.05, 0) is 38.5 Å². The number of carbonyl (C=O) groups is 1. The Hall–Kier alpha value is -1.51. The number of nitrogens with one attached hydrogen (secondary N) is 1. The van der Waals surface area contributed by atoms with E-state index in [1.54, 1.807) is 13.8 Å². The lowest BCUT2D eigenvalue weighted by Crippen LogP contribution is -2.39. The summed E-state index contributed by atoms with van der Waals surface area (Å²) in [7, 11) is -2.73. The molecule has 1 aromatic rings. The number of methoxy groups -OCH3 is 1. The van der Waals surface area contributed by atoms with Crippen molar-refractivity contribution in [2.75, 3.05) is 13.7 Å². The second-order valence-electron chi connectivity index (χ2n) is 5.30. The van der Waals surface area contributed by atoms with Crippen molar-refractivity contribution in [1.29, 1.82) is 0 Å². The third kappa shape index (κ3) is 4.48. The van der Waals surface area contributed by atoms with Crippen molar-refractivity contribution < 1.29 is 22.3 Å². The molecule has 0 bridgehead atoms. The fraction of sp³-hybridized carbons (Fsp3) is 0.462. The summed E-state index contributed by atoms with van der Waals surface area (Å²) in [5.41, 5.74) is -0.532. The molecule has 0 heterocycles. The molecular formula is C13H19FN2O4S. The van der Waals surface area contributed by atoms with Gasteiger partial charge in [-0.2, -0.15) is 0 Å². The van der Waals surface area contributed by atoms with Gasteiger partial charge in [0.05, 0.1) is 5.60 Å². The highest BCUT2D eigenvalue weighted by Gasteiger charge is 2.22. The van der Waals surface area contributed by atoms with E-state index in [2.05, 4.69) is 5.32 Å². The summed E-state index contributed by atoms with van der Waals surface area (Å²) in [6.45, 7) is 5.13. The summed E-state index contributed by atoms with van der Waals surface area (Å²) in [4.78, 5) is 11.3. The van der Waals surface area contributed by atoms with E-state index in [1.807, 2.05) is 0 Å². The van der Waals surface area contributed by atoms with Crippen LogP contribution in [0, 0.1) is 12.7 Å². The lowest BCUT2D eigenvalue weighted by molar-refractivity contribution is 0.0228. The number of amides is 1. The molecule has 0 atom stereocenters. The molecule has 6 nitrogen and oxygen atoms in total. The Morgan fingerprint density at radius 1 is 1.43 bits per heavy atom. The number of ether oxygens (including phenoxy) is 1. The highest BCUT2D eigenvalue weighted by atomic mass is 32.2. The van der Waals surface area contributed by atoms with Gasteiger partial charge in [-0.15, -0.1) is 0 Å². The van der Waals surface area contributed by atoms with Crippen LogP contribution in [0.25, 0.3) is 0 Å². The predicted octanol–water partition coefficient (Wildman–Crippen LogP) is 0.936. The summed E-state index contributed by atoms with van der Waals surface area (Å²) in [6, 6.07) is 2.19. The minimum absolute atomic E-state index is 0.0184. The first kappa shape index (κ1) is 17.5. The molecule has 0 aliphatic rings. The van der Waals surface area contributed by atoms with Crippen LogP contribution in [0.3, 0.4) is 0 Å². The van der Waals surface area contributed by atoms with Gasteiger partial charge in [0.2, 0.25) is 10.0 Å². The van der Waals surface area contributed by atoms with E-state index in [0.717, 1.165) is 6.07 Å². The first-order chi connectivity index (χ1) is 9.48. The van der Waals surface area contributed by atoms with Gasteiger partial charge in [0.1, 0.15) is 10.7 Å². The SMILES string of the molecule is COC(C)(C)CNC(=O)c1cc(C)c(F)c(S(N)(=O)=O)c1. The van der Waals surface area contributed by atoms with Crippen molar-refractivity contribution in [1.82, 2.24) is 5.32 Å². The van der Waals surface area contributed by atoms with Crippen LogP contribution in [-0.2, 0) is 14.8 Å². The Kier molecular flexibility index (Phi) is 5.08. The zero-order chi connectivity index (χ0) is 16.4. The molecule has 0 aliphatic heterocycles. The van der Waals surface area contributed by atoms with E-state index in [1.165, 1.54) is 20.1 Å². The van der Waals surface area contributed by atoms with Gasteiger partial charge < -0.3 is 10.1 Å². The molecule has 1 aromatic carbocycles. The number of nitrogens with two attached hydrogens (primary N) is 1. The van der Waals surface area contributed by atoms with Crippen LogP contribution >= 0.6 is 0 Å². The third-order valence-electron chi connectivity index (χ3n) is 3.02. The minimum Gasteiger partial charge on any atom is -0.377 e. The van der Waals surface area contributed by atoms with Crippen LogP contribution in [-0.4, -0.2) is 33.6 Å². The summed E-state index contributed by atoms with van der Waals surface area (Å²) in [5, 5.41) is 7.53. The molecule has 0 spiro atoms. The largest absolute Gasteiger partial charge is 0.377 e. The van der Waals surface area contributed by atoms with E-state index < -0.39 is 32.2 Å².